The van der Waals surface area contributed by atoms with Crippen LogP contribution in [0.1, 0.15) is 0 Å². The minimum absolute atomic E-state index is 0.171. The molecule has 6 nitrogen and oxygen atoms in total. The lowest BCUT2D eigenvalue weighted by Crippen LogP contribution is -2.29. The van der Waals surface area contributed by atoms with Gasteiger partial charge in [-0.1, -0.05) is 0 Å². The highest BCUT2D eigenvalue weighted by Gasteiger charge is 2.03. The third-order valence-corrected chi connectivity index (χ3v) is 0.625. The van der Waals surface area contributed by atoms with Crippen LogP contribution in [0.25, 0.3) is 0 Å². The van der Waals surface area contributed by atoms with E-state index >= 15 is 0 Å². The monoisotopic (exact) mass is 161 g/mol. The number of carbonyl (C=O) groups excluding carboxylic acids is 1. The van der Waals surface area contributed by atoms with E-state index in [2.05, 4.69) is 4.74 Å². The Labute approximate surface area is 62.1 Å². The van der Waals surface area contributed by atoms with Crippen molar-refractivity contribution >= 4 is 12.2 Å². The molecule has 0 saturated carbocycles. The Morgan fingerprint density at radius 2 is 2.18 bits per heavy atom. The van der Waals surface area contributed by atoms with E-state index in [1.54, 1.807) is 0 Å². The molecule has 0 aliphatic carbocycles. The second-order valence-electron chi connectivity index (χ2n) is 1.41. The molecule has 2 amide bonds. The fraction of sp³-hybridized carbons (Fsp3) is 0.200. The molecule has 0 unspecified atom stereocenters. The fourth-order valence-electron chi connectivity index (χ4n) is 0.290. The first-order chi connectivity index (χ1) is 5.16. The summed E-state index contributed by atoms with van der Waals surface area (Å²) in [5.74, 6) is 0. The van der Waals surface area contributed by atoms with Crippen molar-refractivity contribution < 1.29 is 24.5 Å². The molecule has 0 atom stereocenters. The SMILES string of the molecule is O=C(O)NC(=O)OCC=CO. The number of alkyl carbamates (subject to hydrolysis) is 1. The van der Waals surface area contributed by atoms with Gasteiger partial charge in [0.15, 0.2) is 0 Å². The Morgan fingerprint density at radius 1 is 1.55 bits per heavy atom. The predicted octanol–water partition coefficient (Wildman–Crippen LogP) is 0.462. The van der Waals surface area contributed by atoms with Crippen LogP contribution in [0.2, 0.25) is 0 Å². The smallest absolute Gasteiger partial charge is 0.416 e. The molecule has 0 aromatic rings. The van der Waals surface area contributed by atoms with Gasteiger partial charge in [0.05, 0.1) is 6.26 Å². The topological polar surface area (TPSA) is 95.9 Å². The number of amides is 2. The second-order valence-corrected chi connectivity index (χ2v) is 1.41. The average molecular weight is 161 g/mol. The molecule has 0 aliphatic heterocycles. The van der Waals surface area contributed by atoms with Crippen molar-refractivity contribution in [2.45, 2.75) is 0 Å². The summed E-state index contributed by atoms with van der Waals surface area (Å²) in [5.41, 5.74) is 0. The van der Waals surface area contributed by atoms with E-state index in [0.29, 0.717) is 6.26 Å². The van der Waals surface area contributed by atoms with Crippen molar-refractivity contribution in [3.05, 3.63) is 12.3 Å². The van der Waals surface area contributed by atoms with Crippen molar-refractivity contribution in [3.8, 4) is 0 Å². The van der Waals surface area contributed by atoms with Gasteiger partial charge >= 0.3 is 12.2 Å². The number of hydrogen-bond acceptors (Lipinski definition) is 4. The molecule has 0 aromatic heterocycles. The molecule has 0 bridgehead atoms. The number of hydrogen-bond donors (Lipinski definition) is 3. The maximum Gasteiger partial charge on any atom is 0.416 e. The third kappa shape index (κ3) is 6.16. The van der Waals surface area contributed by atoms with Crippen molar-refractivity contribution in [3.63, 3.8) is 0 Å². The van der Waals surface area contributed by atoms with Crippen LogP contribution in [0.3, 0.4) is 0 Å². The van der Waals surface area contributed by atoms with E-state index in [0.717, 1.165) is 6.08 Å². The summed E-state index contributed by atoms with van der Waals surface area (Å²) in [6.45, 7) is -0.171. The van der Waals surface area contributed by atoms with Crippen LogP contribution in [-0.4, -0.2) is 29.0 Å². The second kappa shape index (κ2) is 5.10. The molecule has 0 saturated heterocycles. The zero-order chi connectivity index (χ0) is 8.69. The Kier molecular flexibility index (Phi) is 4.30. The number of carboxylic acid groups (broad SMARTS) is 1. The summed E-state index contributed by atoms with van der Waals surface area (Å²) in [6.07, 6.45) is -0.728. The first-order valence-corrected chi connectivity index (χ1v) is 2.62. The van der Waals surface area contributed by atoms with Crippen molar-refractivity contribution in [1.29, 1.82) is 0 Å². The van der Waals surface area contributed by atoms with Gasteiger partial charge in [-0.3, -0.25) is 0 Å². The van der Waals surface area contributed by atoms with Gasteiger partial charge in [-0.25, -0.2) is 14.9 Å². The number of aliphatic hydroxyl groups is 1. The highest BCUT2D eigenvalue weighted by Crippen LogP contribution is 1.78. The van der Waals surface area contributed by atoms with E-state index in [4.69, 9.17) is 10.2 Å². The summed E-state index contributed by atoms with van der Waals surface area (Å²) >= 11 is 0. The minimum Gasteiger partial charge on any atom is -0.516 e. The predicted molar refractivity (Wildman–Crippen MR) is 34.3 cm³/mol. The zero-order valence-electron chi connectivity index (χ0n) is 5.48. The highest BCUT2D eigenvalue weighted by molar-refractivity contribution is 5.86. The number of ether oxygens (including phenoxy) is 1. The van der Waals surface area contributed by atoms with E-state index in [-0.39, 0.29) is 6.61 Å². The first kappa shape index (κ1) is 9.28. The van der Waals surface area contributed by atoms with Gasteiger partial charge in [-0.15, -0.1) is 0 Å². The maximum absolute atomic E-state index is 10.3. The molecule has 0 fully saturated rings. The van der Waals surface area contributed by atoms with Gasteiger partial charge in [0, 0.05) is 0 Å². The van der Waals surface area contributed by atoms with E-state index < -0.39 is 12.2 Å². The Hall–Kier alpha value is -1.72. The molecular formula is C5H7NO5. The van der Waals surface area contributed by atoms with Crippen molar-refractivity contribution in [2.75, 3.05) is 6.61 Å². The number of aliphatic hydroxyl groups excluding tert-OH is 1. The third-order valence-electron chi connectivity index (χ3n) is 0.625. The summed E-state index contributed by atoms with van der Waals surface area (Å²) < 4.78 is 4.22. The molecule has 0 rings (SSSR count). The van der Waals surface area contributed by atoms with Crippen LogP contribution in [0.15, 0.2) is 12.3 Å². The van der Waals surface area contributed by atoms with Crippen LogP contribution < -0.4 is 5.32 Å². The van der Waals surface area contributed by atoms with Crippen LogP contribution in [-0.2, 0) is 4.74 Å². The molecule has 0 aromatic carbocycles. The Balaban J connectivity index is 3.45. The number of imide groups is 1. The maximum atomic E-state index is 10.3. The standard InChI is InChI=1S/C5H7NO5/c7-2-1-3-11-5(10)6-4(8)9/h1-2,7H,3H2,(H,6,10)(H,8,9). The number of rotatable bonds is 2. The first-order valence-electron chi connectivity index (χ1n) is 2.62. The van der Waals surface area contributed by atoms with Gasteiger partial charge in [0.1, 0.15) is 6.61 Å². The molecule has 62 valence electrons. The lowest BCUT2D eigenvalue weighted by Gasteiger charge is -1.98. The van der Waals surface area contributed by atoms with Crippen LogP contribution in [0, 0.1) is 0 Å². The Morgan fingerprint density at radius 3 is 2.64 bits per heavy atom. The van der Waals surface area contributed by atoms with Crippen LogP contribution in [0.5, 0.6) is 0 Å². The lowest BCUT2D eigenvalue weighted by atomic mass is 10.7. The molecule has 0 spiro atoms. The van der Waals surface area contributed by atoms with E-state index in [9.17, 15) is 9.59 Å². The lowest BCUT2D eigenvalue weighted by molar-refractivity contribution is 0.149. The summed E-state index contributed by atoms with van der Waals surface area (Å²) in [7, 11) is 0. The number of carbonyl (C=O) groups is 2. The van der Waals surface area contributed by atoms with Gasteiger partial charge in [-0.2, -0.15) is 0 Å². The molecule has 0 aliphatic rings. The van der Waals surface area contributed by atoms with Gasteiger partial charge in [0.2, 0.25) is 0 Å². The Bertz CT molecular complexity index is 176. The van der Waals surface area contributed by atoms with Crippen molar-refractivity contribution in [1.82, 2.24) is 5.32 Å². The van der Waals surface area contributed by atoms with Crippen LogP contribution in [0.4, 0.5) is 9.59 Å². The normalized spacial score (nSPS) is 9.45. The number of nitrogens with one attached hydrogen (secondary N) is 1. The molecule has 3 N–H and O–H groups in total. The zero-order valence-corrected chi connectivity index (χ0v) is 5.48. The average Bonchev–Trinajstić information content (AvgIpc) is 1.86. The largest absolute Gasteiger partial charge is 0.516 e. The molecule has 6 heteroatoms. The molecule has 0 heterocycles. The van der Waals surface area contributed by atoms with E-state index in [1.807, 2.05) is 0 Å². The van der Waals surface area contributed by atoms with Gasteiger partial charge in [0.25, 0.3) is 0 Å². The summed E-state index contributed by atoms with van der Waals surface area (Å²) in [4.78, 5) is 20.1. The highest BCUT2D eigenvalue weighted by atomic mass is 16.6. The van der Waals surface area contributed by atoms with Crippen LogP contribution >= 0.6 is 0 Å². The van der Waals surface area contributed by atoms with Crippen molar-refractivity contribution in [2.24, 2.45) is 0 Å². The molecular weight excluding hydrogens is 154 g/mol. The summed E-state index contributed by atoms with van der Waals surface area (Å²) in [6, 6.07) is 0. The molecule has 0 radical (unpaired) electrons. The minimum atomic E-state index is -1.48. The fourth-order valence-corrected chi connectivity index (χ4v) is 0.290. The quantitative estimate of drug-likeness (QED) is 0.511. The van der Waals surface area contributed by atoms with E-state index in [1.165, 1.54) is 5.32 Å². The van der Waals surface area contributed by atoms with Gasteiger partial charge in [-0.05, 0) is 6.08 Å². The molecule has 11 heavy (non-hydrogen) atoms. The summed E-state index contributed by atoms with van der Waals surface area (Å²) in [5, 5.41) is 17.5. The van der Waals surface area contributed by atoms with Gasteiger partial charge < -0.3 is 14.9 Å².